The van der Waals surface area contributed by atoms with Gasteiger partial charge in [-0.15, -0.1) is 21.5 Å². The van der Waals surface area contributed by atoms with E-state index >= 15 is 0 Å². The molecule has 4 heterocycles. The number of nitriles is 1. The van der Waals surface area contributed by atoms with Crippen molar-refractivity contribution < 1.29 is 9.53 Å². The van der Waals surface area contributed by atoms with Crippen molar-refractivity contribution in [1.29, 1.82) is 5.26 Å². The van der Waals surface area contributed by atoms with Gasteiger partial charge in [-0.05, 0) is 55.3 Å². The molecule has 0 amide bonds. The van der Waals surface area contributed by atoms with Crippen LogP contribution in [0.25, 0.3) is 22.1 Å². The number of aromatic nitrogens is 5. The van der Waals surface area contributed by atoms with E-state index in [4.69, 9.17) is 4.74 Å². The fourth-order valence-corrected chi connectivity index (χ4v) is 4.80. The fraction of sp³-hybridized carbons (Fsp3) is 0.375. The maximum absolute atomic E-state index is 12.7. The molecule has 0 aliphatic heterocycles. The van der Waals surface area contributed by atoms with E-state index in [-0.39, 0.29) is 17.7 Å². The third-order valence-electron chi connectivity index (χ3n) is 5.91. The van der Waals surface area contributed by atoms with Crippen molar-refractivity contribution >= 4 is 39.4 Å². The van der Waals surface area contributed by atoms with E-state index in [0.717, 1.165) is 29.9 Å². The van der Waals surface area contributed by atoms with E-state index in [1.54, 1.807) is 23.6 Å². The fourth-order valence-electron chi connectivity index (χ4n) is 3.95. The van der Waals surface area contributed by atoms with Gasteiger partial charge in [-0.1, -0.05) is 13.8 Å². The Morgan fingerprint density at radius 3 is 2.79 bits per heavy atom. The van der Waals surface area contributed by atoms with Crippen molar-refractivity contribution in [2.24, 2.45) is 13.0 Å². The van der Waals surface area contributed by atoms with Gasteiger partial charge in [-0.3, -0.25) is 13.8 Å². The van der Waals surface area contributed by atoms with Gasteiger partial charge in [-0.2, -0.15) is 5.26 Å². The first-order valence-electron chi connectivity index (χ1n) is 11.0. The second-order valence-corrected chi connectivity index (χ2v) is 9.57. The number of hydrogen-bond donors (Lipinski definition) is 0. The molecule has 0 radical (unpaired) electrons. The minimum Gasteiger partial charge on any atom is -0.453 e. The summed E-state index contributed by atoms with van der Waals surface area (Å²) in [5.74, 6) is 0.562. The van der Waals surface area contributed by atoms with Crippen molar-refractivity contribution in [3.63, 3.8) is 0 Å². The van der Waals surface area contributed by atoms with Crippen LogP contribution in [0.1, 0.15) is 43.0 Å². The number of fused-ring (bicyclic) bond motifs is 3. The van der Waals surface area contributed by atoms with Crippen LogP contribution in [0.4, 0.5) is 0 Å². The van der Waals surface area contributed by atoms with E-state index in [1.165, 1.54) is 15.9 Å². The first kappa shape index (κ1) is 23.4. The highest BCUT2D eigenvalue weighted by Gasteiger charge is 2.19. The summed E-state index contributed by atoms with van der Waals surface area (Å²) in [6, 6.07) is 5.73. The standard InChI is InChI=1S/C24H26N6O3S/c1-14(2)6-8-29-15(3)10-17(16(29)4)11-18(12-25)23(32)33-13-20-26-27-24-28(5)22(31)21-19(30(20)24)7-9-34-21/h7,9-11,14H,6,8,13H2,1-5H3. The molecular formula is C24H26N6O3S. The quantitative estimate of drug-likeness (QED) is 0.227. The molecule has 4 aromatic heterocycles. The van der Waals surface area contributed by atoms with E-state index in [2.05, 4.69) is 28.6 Å². The minimum absolute atomic E-state index is 0.0917. The van der Waals surface area contributed by atoms with E-state index in [1.807, 2.05) is 31.4 Å². The Kier molecular flexibility index (Phi) is 6.39. The molecule has 0 unspecified atom stereocenters. The average Bonchev–Trinajstić information content (AvgIpc) is 3.50. The molecule has 4 rings (SSSR count). The van der Waals surface area contributed by atoms with Crippen molar-refractivity contribution in [3.8, 4) is 6.07 Å². The van der Waals surface area contributed by atoms with Crippen molar-refractivity contribution in [3.05, 3.63) is 56.2 Å². The molecule has 4 aromatic rings. The number of esters is 1. The van der Waals surface area contributed by atoms with Crippen LogP contribution in [0, 0.1) is 31.1 Å². The number of rotatable bonds is 7. The summed E-state index contributed by atoms with van der Waals surface area (Å²) >= 11 is 1.33. The number of carbonyl (C=O) groups excluding carboxylic acids is 1. The Hall–Kier alpha value is -3.71. The van der Waals surface area contributed by atoms with Gasteiger partial charge in [-0.25, -0.2) is 4.79 Å². The van der Waals surface area contributed by atoms with Crippen LogP contribution < -0.4 is 5.56 Å². The van der Waals surface area contributed by atoms with Crippen LogP contribution in [-0.2, 0) is 29.7 Å². The van der Waals surface area contributed by atoms with Gasteiger partial charge in [0.2, 0.25) is 5.78 Å². The molecule has 176 valence electrons. The summed E-state index contributed by atoms with van der Waals surface area (Å²) in [5, 5.41) is 19.6. The summed E-state index contributed by atoms with van der Waals surface area (Å²) < 4.78 is 11.3. The molecule has 0 saturated heterocycles. The first-order valence-corrected chi connectivity index (χ1v) is 11.9. The number of nitrogens with zero attached hydrogens (tertiary/aromatic N) is 6. The molecule has 0 N–H and O–H groups in total. The number of aryl methyl sites for hydroxylation is 2. The predicted molar refractivity (Wildman–Crippen MR) is 130 cm³/mol. The molecule has 34 heavy (non-hydrogen) atoms. The SMILES string of the molecule is Cc1cc(C=C(C#N)C(=O)OCc2nnc3n(C)c(=O)c4sccc4n23)c(C)n1CCC(C)C. The largest absolute Gasteiger partial charge is 0.453 e. The first-order chi connectivity index (χ1) is 16.2. The molecule has 0 bridgehead atoms. The highest BCUT2D eigenvalue weighted by Crippen LogP contribution is 2.21. The summed E-state index contributed by atoms with van der Waals surface area (Å²) in [4.78, 5) is 25.2. The molecular weight excluding hydrogens is 452 g/mol. The zero-order valence-corrected chi connectivity index (χ0v) is 20.6. The normalized spacial score (nSPS) is 12.1. The number of carbonyl (C=O) groups is 1. The molecule has 0 aliphatic carbocycles. The van der Waals surface area contributed by atoms with Crippen LogP contribution in [0.5, 0.6) is 0 Å². The van der Waals surface area contributed by atoms with Gasteiger partial charge in [0.15, 0.2) is 12.4 Å². The molecule has 9 nitrogen and oxygen atoms in total. The van der Waals surface area contributed by atoms with Gasteiger partial charge in [0.05, 0.1) is 5.52 Å². The van der Waals surface area contributed by atoms with Gasteiger partial charge < -0.3 is 9.30 Å². The van der Waals surface area contributed by atoms with E-state index in [0.29, 0.717) is 27.7 Å². The van der Waals surface area contributed by atoms with Crippen LogP contribution in [0.3, 0.4) is 0 Å². The topological polar surface area (TPSA) is 107 Å². The van der Waals surface area contributed by atoms with Gasteiger partial charge in [0.25, 0.3) is 5.56 Å². The molecule has 0 fully saturated rings. The highest BCUT2D eigenvalue weighted by molar-refractivity contribution is 7.17. The lowest BCUT2D eigenvalue weighted by atomic mass is 10.1. The lowest BCUT2D eigenvalue weighted by Crippen LogP contribution is -2.19. The monoisotopic (exact) mass is 478 g/mol. The van der Waals surface area contributed by atoms with Crippen LogP contribution in [0.2, 0.25) is 0 Å². The Bertz CT molecular complexity index is 1530. The summed E-state index contributed by atoms with van der Waals surface area (Å²) in [5.41, 5.74) is 3.31. The Morgan fingerprint density at radius 1 is 1.32 bits per heavy atom. The Morgan fingerprint density at radius 2 is 2.09 bits per heavy atom. The summed E-state index contributed by atoms with van der Waals surface area (Å²) in [6.07, 6.45) is 2.61. The Balaban J connectivity index is 1.58. The van der Waals surface area contributed by atoms with Crippen LogP contribution >= 0.6 is 11.3 Å². The van der Waals surface area contributed by atoms with Gasteiger partial charge in [0.1, 0.15) is 16.3 Å². The number of thiophene rings is 1. The average molecular weight is 479 g/mol. The molecule has 0 saturated carbocycles. The zero-order chi connectivity index (χ0) is 24.6. The molecule has 0 aliphatic rings. The lowest BCUT2D eigenvalue weighted by Gasteiger charge is -2.11. The molecule has 10 heteroatoms. The number of hydrogen-bond acceptors (Lipinski definition) is 7. The predicted octanol–water partition coefficient (Wildman–Crippen LogP) is 3.76. The second-order valence-electron chi connectivity index (χ2n) is 8.66. The molecule has 0 aromatic carbocycles. The van der Waals surface area contributed by atoms with Crippen molar-refractivity contribution in [1.82, 2.24) is 23.7 Å². The lowest BCUT2D eigenvalue weighted by molar-refractivity contribution is -0.139. The molecule has 0 atom stereocenters. The van der Waals surface area contributed by atoms with E-state index < -0.39 is 5.97 Å². The number of ether oxygens (including phenoxy) is 1. The van der Waals surface area contributed by atoms with Gasteiger partial charge in [0, 0.05) is 25.0 Å². The summed E-state index contributed by atoms with van der Waals surface area (Å²) in [6.45, 7) is 9.06. The van der Waals surface area contributed by atoms with Crippen LogP contribution in [-0.4, -0.2) is 29.7 Å². The molecule has 0 spiro atoms. The highest BCUT2D eigenvalue weighted by atomic mass is 32.1. The second kappa shape index (κ2) is 9.27. The maximum Gasteiger partial charge on any atom is 0.349 e. The maximum atomic E-state index is 12.7. The van der Waals surface area contributed by atoms with E-state index in [9.17, 15) is 14.9 Å². The van der Waals surface area contributed by atoms with Crippen LogP contribution in [0.15, 0.2) is 27.9 Å². The summed E-state index contributed by atoms with van der Waals surface area (Å²) in [7, 11) is 1.62. The Labute approximate surface area is 200 Å². The minimum atomic E-state index is -0.738. The van der Waals surface area contributed by atoms with Crippen molar-refractivity contribution in [2.75, 3.05) is 0 Å². The smallest absolute Gasteiger partial charge is 0.349 e. The van der Waals surface area contributed by atoms with Crippen molar-refractivity contribution in [2.45, 2.75) is 47.3 Å². The zero-order valence-electron chi connectivity index (χ0n) is 19.8. The third-order valence-corrected chi connectivity index (χ3v) is 6.80. The third kappa shape index (κ3) is 4.15. The van der Waals surface area contributed by atoms with Gasteiger partial charge >= 0.3 is 5.97 Å².